The maximum atomic E-state index is 10.9. The van der Waals surface area contributed by atoms with Crippen LogP contribution in [0.3, 0.4) is 0 Å². The molecule has 0 radical (unpaired) electrons. The zero-order chi connectivity index (χ0) is 8.60. The van der Waals surface area contributed by atoms with Crippen molar-refractivity contribution in [3.05, 3.63) is 0 Å². The van der Waals surface area contributed by atoms with Crippen LogP contribution < -0.4 is 5.32 Å². The molecule has 1 aliphatic heterocycles. The van der Waals surface area contributed by atoms with E-state index in [0.717, 1.165) is 39.0 Å². The predicted octanol–water partition coefficient (Wildman–Crippen LogP) is -0.0694. The molecule has 0 aromatic rings. The summed E-state index contributed by atoms with van der Waals surface area (Å²) in [6.45, 7) is 3.61. The van der Waals surface area contributed by atoms with Gasteiger partial charge in [0.15, 0.2) is 0 Å². The van der Waals surface area contributed by atoms with Gasteiger partial charge >= 0.3 is 5.97 Å². The molecule has 76 valence electrons. The normalized spacial score (nSPS) is 26.2. The van der Waals surface area contributed by atoms with E-state index < -0.39 is 11.5 Å². The lowest BCUT2D eigenvalue weighted by Crippen LogP contribution is -2.52. The van der Waals surface area contributed by atoms with Crippen molar-refractivity contribution in [2.45, 2.75) is 18.4 Å². The zero-order valence-corrected chi connectivity index (χ0v) is 8.27. The smallest absolute Gasteiger partial charge is 0.324 e. The highest BCUT2D eigenvalue weighted by atomic mass is 35.5. The van der Waals surface area contributed by atoms with Crippen molar-refractivity contribution in [2.75, 3.05) is 26.2 Å². The highest BCUT2D eigenvalue weighted by molar-refractivity contribution is 5.85. The molecular formula is C8H15ClN2O2. The van der Waals surface area contributed by atoms with Crippen LogP contribution in [0.5, 0.6) is 0 Å². The molecule has 2 rings (SSSR count). The van der Waals surface area contributed by atoms with E-state index in [1.165, 1.54) is 0 Å². The summed E-state index contributed by atoms with van der Waals surface area (Å²) in [5, 5.41) is 12.2. The standard InChI is InChI=1S/C8H14N2O2.ClH/c11-7(12)8(1-2-8)10-5-3-9-4-6-10;/h9H,1-6H2,(H,11,12);1H. The van der Waals surface area contributed by atoms with Gasteiger partial charge in [0.25, 0.3) is 0 Å². The van der Waals surface area contributed by atoms with E-state index in [1.54, 1.807) is 0 Å². The quantitative estimate of drug-likeness (QED) is 0.664. The zero-order valence-electron chi connectivity index (χ0n) is 7.45. The molecule has 13 heavy (non-hydrogen) atoms. The molecule has 1 saturated carbocycles. The van der Waals surface area contributed by atoms with Gasteiger partial charge < -0.3 is 10.4 Å². The molecule has 2 N–H and O–H groups in total. The fourth-order valence-electron chi connectivity index (χ4n) is 1.88. The van der Waals surface area contributed by atoms with Crippen molar-refractivity contribution < 1.29 is 9.90 Å². The second-order valence-corrected chi connectivity index (χ2v) is 3.57. The lowest BCUT2D eigenvalue weighted by Gasteiger charge is -2.32. The maximum Gasteiger partial charge on any atom is 0.324 e. The highest BCUT2D eigenvalue weighted by Crippen LogP contribution is 2.41. The Hall–Kier alpha value is -0.320. The summed E-state index contributed by atoms with van der Waals surface area (Å²) in [7, 11) is 0. The fourth-order valence-corrected chi connectivity index (χ4v) is 1.88. The molecule has 2 fully saturated rings. The first kappa shape index (κ1) is 10.8. The van der Waals surface area contributed by atoms with Crippen LogP contribution in [0.15, 0.2) is 0 Å². The van der Waals surface area contributed by atoms with Crippen molar-refractivity contribution in [2.24, 2.45) is 0 Å². The van der Waals surface area contributed by atoms with Gasteiger partial charge in [0.05, 0.1) is 0 Å². The molecule has 0 spiro atoms. The van der Waals surface area contributed by atoms with Gasteiger partial charge in [-0.3, -0.25) is 9.69 Å². The number of carbonyl (C=O) groups is 1. The Morgan fingerprint density at radius 1 is 1.31 bits per heavy atom. The van der Waals surface area contributed by atoms with Crippen LogP contribution in [-0.2, 0) is 4.79 Å². The minimum atomic E-state index is -0.635. The lowest BCUT2D eigenvalue weighted by atomic mass is 10.2. The Morgan fingerprint density at radius 2 is 1.85 bits per heavy atom. The minimum absolute atomic E-state index is 0. The first-order chi connectivity index (χ1) is 5.76. The first-order valence-corrected chi connectivity index (χ1v) is 4.45. The molecule has 0 aromatic carbocycles. The molecular weight excluding hydrogens is 192 g/mol. The Labute approximate surface area is 83.7 Å². The van der Waals surface area contributed by atoms with Crippen LogP contribution in [0.2, 0.25) is 0 Å². The molecule has 5 heteroatoms. The van der Waals surface area contributed by atoms with Gasteiger partial charge in [0, 0.05) is 26.2 Å². The van der Waals surface area contributed by atoms with E-state index in [4.69, 9.17) is 5.11 Å². The summed E-state index contributed by atoms with van der Waals surface area (Å²) >= 11 is 0. The van der Waals surface area contributed by atoms with Crippen LogP contribution in [0.4, 0.5) is 0 Å². The monoisotopic (exact) mass is 206 g/mol. The molecule has 1 saturated heterocycles. The maximum absolute atomic E-state index is 10.9. The third-order valence-corrected chi connectivity index (χ3v) is 2.84. The van der Waals surface area contributed by atoms with E-state index >= 15 is 0 Å². The van der Waals surface area contributed by atoms with Gasteiger partial charge in [-0.2, -0.15) is 0 Å². The number of halogens is 1. The van der Waals surface area contributed by atoms with Crippen molar-refractivity contribution in [3.63, 3.8) is 0 Å². The Bertz CT molecular complexity index is 200. The van der Waals surface area contributed by atoms with Gasteiger partial charge in [0.1, 0.15) is 5.54 Å². The molecule has 1 aliphatic carbocycles. The van der Waals surface area contributed by atoms with E-state index in [-0.39, 0.29) is 12.4 Å². The molecule has 0 amide bonds. The van der Waals surface area contributed by atoms with Gasteiger partial charge in [0.2, 0.25) is 0 Å². The number of carboxylic acid groups (broad SMARTS) is 1. The minimum Gasteiger partial charge on any atom is -0.480 e. The topological polar surface area (TPSA) is 52.6 Å². The fraction of sp³-hybridized carbons (Fsp3) is 0.875. The number of nitrogens with zero attached hydrogens (tertiary/aromatic N) is 1. The molecule has 0 bridgehead atoms. The number of hydrogen-bond donors (Lipinski definition) is 2. The number of carboxylic acids is 1. The average molecular weight is 207 g/mol. The van der Waals surface area contributed by atoms with Crippen molar-refractivity contribution in [1.29, 1.82) is 0 Å². The second-order valence-electron chi connectivity index (χ2n) is 3.57. The third-order valence-electron chi connectivity index (χ3n) is 2.84. The molecule has 1 heterocycles. The van der Waals surface area contributed by atoms with Crippen LogP contribution in [0.25, 0.3) is 0 Å². The first-order valence-electron chi connectivity index (χ1n) is 4.45. The third kappa shape index (κ3) is 1.80. The number of piperazine rings is 1. The van der Waals surface area contributed by atoms with E-state index in [0.29, 0.717) is 0 Å². The number of hydrogen-bond acceptors (Lipinski definition) is 3. The molecule has 0 atom stereocenters. The van der Waals surface area contributed by atoms with E-state index in [9.17, 15) is 4.79 Å². The SMILES string of the molecule is Cl.O=C(O)C1(N2CCNCC2)CC1. The van der Waals surface area contributed by atoms with Crippen LogP contribution in [0.1, 0.15) is 12.8 Å². The highest BCUT2D eigenvalue weighted by Gasteiger charge is 2.54. The summed E-state index contributed by atoms with van der Waals surface area (Å²) in [5.41, 5.74) is -0.470. The summed E-state index contributed by atoms with van der Waals surface area (Å²) in [6, 6.07) is 0. The van der Waals surface area contributed by atoms with Crippen LogP contribution in [-0.4, -0.2) is 47.7 Å². The Kier molecular flexibility index (Phi) is 3.16. The van der Waals surface area contributed by atoms with Gasteiger partial charge in [-0.1, -0.05) is 0 Å². The molecule has 2 aliphatic rings. The second kappa shape index (κ2) is 3.82. The predicted molar refractivity (Wildman–Crippen MR) is 51.3 cm³/mol. The average Bonchev–Trinajstić information content (AvgIpc) is 2.86. The van der Waals surface area contributed by atoms with E-state index in [2.05, 4.69) is 10.2 Å². The van der Waals surface area contributed by atoms with Crippen molar-refractivity contribution in [1.82, 2.24) is 10.2 Å². The van der Waals surface area contributed by atoms with Gasteiger partial charge in [-0.05, 0) is 12.8 Å². The van der Waals surface area contributed by atoms with Crippen molar-refractivity contribution >= 4 is 18.4 Å². The summed E-state index contributed by atoms with van der Waals surface area (Å²) in [6.07, 6.45) is 1.67. The molecule has 0 aromatic heterocycles. The Balaban J connectivity index is 0.000000845. The molecule has 0 unspecified atom stereocenters. The van der Waals surface area contributed by atoms with Crippen LogP contribution >= 0.6 is 12.4 Å². The summed E-state index contributed by atoms with van der Waals surface area (Å²) in [5.74, 6) is -0.635. The van der Waals surface area contributed by atoms with Gasteiger partial charge in [-0.25, -0.2) is 0 Å². The molecule has 4 nitrogen and oxygen atoms in total. The number of aliphatic carboxylic acids is 1. The van der Waals surface area contributed by atoms with Gasteiger partial charge in [-0.15, -0.1) is 12.4 Å². The lowest BCUT2D eigenvalue weighted by molar-refractivity contribution is -0.145. The number of rotatable bonds is 2. The van der Waals surface area contributed by atoms with Crippen LogP contribution in [0, 0.1) is 0 Å². The number of nitrogens with one attached hydrogen (secondary N) is 1. The Morgan fingerprint density at radius 3 is 2.23 bits per heavy atom. The van der Waals surface area contributed by atoms with Crippen molar-refractivity contribution in [3.8, 4) is 0 Å². The summed E-state index contributed by atoms with van der Waals surface area (Å²) in [4.78, 5) is 13.0. The van der Waals surface area contributed by atoms with E-state index in [1.807, 2.05) is 0 Å². The summed E-state index contributed by atoms with van der Waals surface area (Å²) < 4.78 is 0. The largest absolute Gasteiger partial charge is 0.480 e.